The van der Waals surface area contributed by atoms with Crippen LogP contribution in [-0.2, 0) is 29.1 Å². The summed E-state index contributed by atoms with van der Waals surface area (Å²) in [5.74, 6) is 0. The molecule has 0 spiro atoms. The van der Waals surface area contributed by atoms with Gasteiger partial charge in [-0.2, -0.15) is 6.08 Å². The Morgan fingerprint density at radius 2 is 1.82 bits per heavy atom. The van der Waals surface area contributed by atoms with E-state index in [4.69, 9.17) is 9.59 Å². The van der Waals surface area contributed by atoms with Crippen molar-refractivity contribution in [3.8, 4) is 0 Å². The molecule has 0 radical (unpaired) electrons. The first-order valence-corrected chi connectivity index (χ1v) is 2.61. The molecular formula is C8H9O2Rh. The van der Waals surface area contributed by atoms with E-state index in [1.807, 2.05) is 0 Å². The zero-order chi connectivity index (χ0) is 8.41. The largest absolute Gasteiger partial charge is 3.00 e. The predicted molar refractivity (Wildman–Crippen MR) is 39.7 cm³/mol. The minimum atomic E-state index is 0. The van der Waals surface area contributed by atoms with E-state index in [2.05, 4.69) is 38.7 Å². The van der Waals surface area contributed by atoms with Crippen LogP contribution in [0.5, 0.6) is 0 Å². The first-order valence-electron chi connectivity index (χ1n) is 2.61. The first kappa shape index (κ1) is 16.8. The Labute approximate surface area is 80.1 Å². The summed E-state index contributed by atoms with van der Waals surface area (Å²) in [6, 6.07) is 0. The van der Waals surface area contributed by atoms with Crippen molar-refractivity contribution in [1.82, 2.24) is 0 Å². The fourth-order valence-electron chi connectivity index (χ4n) is 0.515. The molecule has 0 saturated carbocycles. The molecule has 0 N–H and O–H groups in total. The van der Waals surface area contributed by atoms with Crippen LogP contribution in [0.1, 0.15) is 13.3 Å². The van der Waals surface area contributed by atoms with Crippen molar-refractivity contribution in [2.45, 2.75) is 13.3 Å². The van der Waals surface area contributed by atoms with Crippen LogP contribution in [0.25, 0.3) is 0 Å². The predicted octanol–water partition coefficient (Wildman–Crippen LogP) is 1.15. The summed E-state index contributed by atoms with van der Waals surface area (Å²) >= 11 is 0. The average Bonchev–Trinajstić information content (AvgIpc) is 2.48. The van der Waals surface area contributed by atoms with Crippen molar-refractivity contribution in [2.75, 3.05) is 0 Å². The minimum Gasteiger partial charge on any atom is -0.545 e. The van der Waals surface area contributed by atoms with E-state index in [0.29, 0.717) is 0 Å². The molecule has 0 aliphatic heterocycles. The van der Waals surface area contributed by atoms with E-state index in [1.165, 1.54) is 5.57 Å². The van der Waals surface area contributed by atoms with E-state index in [-0.39, 0.29) is 19.5 Å². The van der Waals surface area contributed by atoms with E-state index in [1.54, 1.807) is 0 Å². The molecule has 0 atom stereocenters. The molecule has 0 bridgehead atoms. The van der Waals surface area contributed by atoms with E-state index in [0.717, 1.165) is 6.42 Å². The summed E-state index contributed by atoms with van der Waals surface area (Å²) in [5, 5.41) is 0. The third kappa shape index (κ3) is 12.6. The molecular weight excluding hydrogens is 231 g/mol. The molecule has 3 heteroatoms. The van der Waals surface area contributed by atoms with E-state index >= 15 is 0 Å². The summed E-state index contributed by atoms with van der Waals surface area (Å²) in [4.78, 5) is 15.5. The molecule has 0 fully saturated rings. The molecule has 0 amide bonds. The van der Waals surface area contributed by atoms with Gasteiger partial charge in [-0.15, -0.1) is 6.42 Å². The summed E-state index contributed by atoms with van der Waals surface area (Å²) in [5.41, 5.74) is 1.27. The van der Waals surface area contributed by atoms with Crippen molar-refractivity contribution in [3.63, 3.8) is 0 Å². The number of allylic oxidation sites excluding steroid dienone is 4. The van der Waals surface area contributed by atoms with Crippen LogP contribution in [0.4, 0.5) is 0 Å². The maximum Gasteiger partial charge on any atom is 3.00 e. The molecule has 11 heavy (non-hydrogen) atoms. The van der Waals surface area contributed by atoms with Crippen molar-refractivity contribution < 1.29 is 29.1 Å². The van der Waals surface area contributed by atoms with Gasteiger partial charge in [0.05, 0.1) is 0 Å². The molecule has 62 valence electrons. The van der Waals surface area contributed by atoms with Crippen LogP contribution in [0.2, 0.25) is 0 Å². The van der Waals surface area contributed by atoms with Gasteiger partial charge < -0.3 is 9.59 Å². The van der Waals surface area contributed by atoms with Crippen molar-refractivity contribution >= 4 is 13.6 Å². The van der Waals surface area contributed by atoms with Crippen molar-refractivity contribution in [2.24, 2.45) is 0 Å². The van der Waals surface area contributed by atoms with Crippen LogP contribution in [0, 0.1) is 6.08 Å². The molecule has 1 aliphatic carbocycles. The minimum absolute atomic E-state index is 0. The van der Waals surface area contributed by atoms with Crippen molar-refractivity contribution in [1.29, 1.82) is 0 Å². The van der Waals surface area contributed by atoms with E-state index in [9.17, 15) is 0 Å². The standard InChI is InChI=1S/C6H7.2CHO.Rh/c1-6-4-2-3-5-6;2*1-2;/h2,4H,3H2,1H3;2*1H;/q3*-1;+3. The van der Waals surface area contributed by atoms with Gasteiger partial charge in [-0.3, -0.25) is 19.7 Å². The molecule has 0 aromatic carbocycles. The summed E-state index contributed by atoms with van der Waals surface area (Å²) < 4.78 is 0. The van der Waals surface area contributed by atoms with Gasteiger partial charge in [-0.05, 0) is 0 Å². The molecule has 0 unspecified atom stereocenters. The quantitative estimate of drug-likeness (QED) is 0.361. The molecule has 1 rings (SSSR count). The Balaban J connectivity index is -0.000000114. The van der Waals surface area contributed by atoms with Gasteiger partial charge in [-0.25, -0.2) is 11.6 Å². The van der Waals surface area contributed by atoms with Crippen LogP contribution in [-0.4, -0.2) is 13.6 Å². The number of hydrogen-bond donors (Lipinski definition) is 0. The monoisotopic (exact) mass is 240 g/mol. The summed E-state index contributed by atoms with van der Waals surface area (Å²) in [6.45, 7) is 8.56. The van der Waals surface area contributed by atoms with Crippen LogP contribution in [0.3, 0.4) is 0 Å². The number of rotatable bonds is 0. The Morgan fingerprint density at radius 3 is 1.91 bits per heavy atom. The van der Waals surface area contributed by atoms with Crippen LogP contribution >= 0.6 is 0 Å². The molecule has 0 heterocycles. The third-order valence-electron chi connectivity index (χ3n) is 0.867. The molecule has 1 aliphatic rings. The maximum atomic E-state index is 7.75. The van der Waals surface area contributed by atoms with Gasteiger partial charge in [0.25, 0.3) is 0 Å². The summed E-state index contributed by atoms with van der Waals surface area (Å²) in [6.07, 6.45) is 8.33. The fraction of sp³-hybridized carbons (Fsp3) is 0.250. The number of hydrogen-bond acceptors (Lipinski definition) is 2. The molecule has 0 saturated heterocycles. The van der Waals surface area contributed by atoms with Gasteiger partial charge in [0.1, 0.15) is 0 Å². The SMILES string of the molecule is CC1=[C-]CC=C1.[CH-]=O.[CH-]=O.[Rh+3]. The van der Waals surface area contributed by atoms with Crippen molar-refractivity contribution in [3.05, 3.63) is 23.8 Å². The number of carbonyl (C=O) groups excluding carboxylic acids is 2. The first-order chi connectivity index (χ1) is 4.89. The smallest absolute Gasteiger partial charge is 0.545 e. The maximum absolute atomic E-state index is 7.75. The van der Waals surface area contributed by atoms with Gasteiger partial charge in [0.2, 0.25) is 0 Å². The third-order valence-corrected chi connectivity index (χ3v) is 0.867. The van der Waals surface area contributed by atoms with Gasteiger partial charge in [-0.1, -0.05) is 6.92 Å². The zero-order valence-electron chi connectivity index (χ0n) is 6.17. The second-order valence-corrected chi connectivity index (χ2v) is 1.47. The van der Waals surface area contributed by atoms with E-state index < -0.39 is 0 Å². The Morgan fingerprint density at radius 1 is 1.36 bits per heavy atom. The zero-order valence-corrected chi connectivity index (χ0v) is 7.81. The second kappa shape index (κ2) is 16.2. The summed E-state index contributed by atoms with van der Waals surface area (Å²) in [7, 11) is 0. The average molecular weight is 240 g/mol. The Kier molecular flexibility index (Phi) is 24.8. The van der Waals surface area contributed by atoms with Crippen LogP contribution < -0.4 is 0 Å². The Hall–Kier alpha value is -0.557. The molecule has 0 aromatic heterocycles. The normalized spacial score (nSPS) is 10.8. The van der Waals surface area contributed by atoms with Gasteiger partial charge in [0.15, 0.2) is 0 Å². The topological polar surface area (TPSA) is 34.1 Å². The van der Waals surface area contributed by atoms with Gasteiger partial charge in [0, 0.05) is 0 Å². The Bertz CT molecular complexity index is 125. The molecule has 2 nitrogen and oxygen atoms in total. The molecule has 0 aromatic rings. The fourth-order valence-corrected chi connectivity index (χ4v) is 0.515. The van der Waals surface area contributed by atoms with Gasteiger partial charge >= 0.3 is 19.5 Å². The van der Waals surface area contributed by atoms with Crippen LogP contribution in [0.15, 0.2) is 17.7 Å². The second-order valence-electron chi connectivity index (χ2n) is 1.47.